The third-order valence-electron chi connectivity index (χ3n) is 3.38. The number of aromatic nitrogens is 2. The summed E-state index contributed by atoms with van der Waals surface area (Å²) in [6.45, 7) is 0.583. The number of anilines is 1. The van der Waals surface area contributed by atoms with Gasteiger partial charge in [-0.1, -0.05) is 41.9 Å². The Labute approximate surface area is 128 Å². The summed E-state index contributed by atoms with van der Waals surface area (Å²) in [5.41, 5.74) is 2.91. The fourth-order valence-electron chi connectivity index (χ4n) is 2.28. The summed E-state index contributed by atoms with van der Waals surface area (Å²) < 4.78 is 5.52. The van der Waals surface area contributed by atoms with Crippen molar-refractivity contribution in [3.63, 3.8) is 0 Å². The van der Waals surface area contributed by atoms with Gasteiger partial charge in [0.05, 0.1) is 11.0 Å². The maximum absolute atomic E-state index is 6.21. The number of aromatic amines is 1. The van der Waals surface area contributed by atoms with Crippen LogP contribution in [0.3, 0.4) is 0 Å². The van der Waals surface area contributed by atoms with Gasteiger partial charge >= 0.3 is 0 Å². The van der Waals surface area contributed by atoms with Crippen LogP contribution in [0.15, 0.2) is 48.5 Å². The minimum atomic E-state index is -0.132. The first kappa shape index (κ1) is 13.9. The zero-order chi connectivity index (χ0) is 14.7. The van der Waals surface area contributed by atoms with Crippen LogP contribution in [0.4, 0.5) is 5.95 Å². The summed E-state index contributed by atoms with van der Waals surface area (Å²) in [5, 5.41) is 3.96. The highest BCUT2D eigenvalue weighted by molar-refractivity contribution is 6.31. The average molecular weight is 302 g/mol. The topological polar surface area (TPSA) is 49.9 Å². The van der Waals surface area contributed by atoms with Gasteiger partial charge in [-0.05, 0) is 18.2 Å². The number of benzene rings is 2. The normalized spacial score (nSPS) is 12.5. The summed E-state index contributed by atoms with van der Waals surface area (Å²) >= 11 is 6.21. The molecule has 0 spiro atoms. The molecule has 0 radical (unpaired) electrons. The number of hydrogen-bond donors (Lipinski definition) is 2. The van der Waals surface area contributed by atoms with E-state index in [0.717, 1.165) is 22.5 Å². The molecule has 0 aliphatic rings. The van der Waals surface area contributed by atoms with Crippen LogP contribution in [-0.2, 0) is 4.74 Å². The number of hydrogen-bond acceptors (Lipinski definition) is 3. The summed E-state index contributed by atoms with van der Waals surface area (Å²) in [4.78, 5) is 7.71. The third kappa shape index (κ3) is 3.01. The Hall–Kier alpha value is -2.04. The molecule has 1 aromatic heterocycles. The lowest BCUT2D eigenvalue weighted by molar-refractivity contribution is 0.114. The van der Waals surface area contributed by atoms with Crippen molar-refractivity contribution in [2.45, 2.75) is 6.10 Å². The van der Waals surface area contributed by atoms with E-state index in [9.17, 15) is 0 Å². The lowest BCUT2D eigenvalue weighted by Crippen LogP contribution is -2.15. The molecule has 0 amide bonds. The minimum absolute atomic E-state index is 0.132. The van der Waals surface area contributed by atoms with Crippen LogP contribution < -0.4 is 5.32 Å². The van der Waals surface area contributed by atoms with E-state index in [1.54, 1.807) is 7.11 Å². The molecule has 0 bridgehead atoms. The van der Waals surface area contributed by atoms with E-state index in [4.69, 9.17) is 16.3 Å². The number of H-pyrrole nitrogens is 1. The first-order valence-corrected chi connectivity index (χ1v) is 7.11. The van der Waals surface area contributed by atoms with Gasteiger partial charge in [0.1, 0.15) is 6.10 Å². The molecular formula is C16H16ClN3O. The predicted octanol–water partition coefficient (Wildman–Crippen LogP) is 4.02. The molecule has 0 fully saturated rings. The Bertz CT molecular complexity index is 708. The number of fused-ring (bicyclic) bond motifs is 1. The van der Waals surface area contributed by atoms with Crippen molar-refractivity contribution in [2.75, 3.05) is 19.0 Å². The fourth-order valence-corrected chi connectivity index (χ4v) is 2.54. The van der Waals surface area contributed by atoms with E-state index in [1.807, 2.05) is 48.5 Å². The minimum Gasteiger partial charge on any atom is -0.375 e. The van der Waals surface area contributed by atoms with E-state index in [2.05, 4.69) is 15.3 Å². The summed E-state index contributed by atoms with van der Waals surface area (Å²) in [7, 11) is 1.67. The Morgan fingerprint density at radius 1 is 1.19 bits per heavy atom. The van der Waals surface area contributed by atoms with Crippen molar-refractivity contribution < 1.29 is 4.74 Å². The van der Waals surface area contributed by atoms with Crippen molar-refractivity contribution in [1.82, 2.24) is 9.97 Å². The molecule has 3 aromatic rings. The van der Waals surface area contributed by atoms with Crippen molar-refractivity contribution >= 4 is 28.6 Å². The van der Waals surface area contributed by atoms with Crippen LogP contribution in [0, 0.1) is 0 Å². The number of imidazole rings is 1. The maximum atomic E-state index is 6.21. The van der Waals surface area contributed by atoms with Gasteiger partial charge < -0.3 is 15.0 Å². The predicted molar refractivity (Wildman–Crippen MR) is 85.8 cm³/mol. The highest BCUT2D eigenvalue weighted by atomic mass is 35.5. The van der Waals surface area contributed by atoms with E-state index < -0.39 is 0 Å². The van der Waals surface area contributed by atoms with E-state index in [-0.39, 0.29) is 6.10 Å². The molecular weight excluding hydrogens is 286 g/mol. The van der Waals surface area contributed by atoms with Crippen LogP contribution in [0.25, 0.3) is 11.0 Å². The second-order valence-electron chi connectivity index (χ2n) is 4.73. The lowest BCUT2D eigenvalue weighted by Gasteiger charge is -2.17. The first-order valence-electron chi connectivity index (χ1n) is 6.74. The number of rotatable bonds is 5. The Kier molecular flexibility index (Phi) is 4.08. The zero-order valence-corrected chi connectivity index (χ0v) is 12.4. The molecule has 21 heavy (non-hydrogen) atoms. The van der Waals surface area contributed by atoms with Crippen LogP contribution in [0.5, 0.6) is 0 Å². The number of ether oxygens (including phenoxy) is 1. The van der Waals surface area contributed by atoms with Gasteiger partial charge in [-0.3, -0.25) is 0 Å². The summed E-state index contributed by atoms with van der Waals surface area (Å²) in [6.07, 6.45) is -0.132. The number of para-hydroxylation sites is 2. The summed E-state index contributed by atoms with van der Waals surface area (Å²) in [6, 6.07) is 15.6. The Balaban J connectivity index is 1.74. The van der Waals surface area contributed by atoms with Gasteiger partial charge in [0, 0.05) is 24.2 Å². The Morgan fingerprint density at radius 2 is 1.95 bits per heavy atom. The highest BCUT2D eigenvalue weighted by Crippen LogP contribution is 2.25. The number of nitrogens with one attached hydrogen (secondary N) is 2. The molecule has 0 saturated heterocycles. The maximum Gasteiger partial charge on any atom is 0.201 e. The molecule has 1 unspecified atom stereocenters. The second kappa shape index (κ2) is 6.16. The molecule has 108 valence electrons. The SMILES string of the molecule is COC(CNc1nc2ccccc2[nH]1)c1ccccc1Cl. The number of halogens is 1. The number of methoxy groups -OCH3 is 1. The Morgan fingerprint density at radius 3 is 2.71 bits per heavy atom. The van der Waals surface area contributed by atoms with Gasteiger partial charge in [0.2, 0.25) is 5.95 Å². The molecule has 0 aliphatic carbocycles. The van der Waals surface area contributed by atoms with Crippen LogP contribution in [0.2, 0.25) is 5.02 Å². The molecule has 4 nitrogen and oxygen atoms in total. The van der Waals surface area contributed by atoms with Gasteiger partial charge in [0.25, 0.3) is 0 Å². The molecule has 2 aromatic carbocycles. The van der Waals surface area contributed by atoms with Crippen molar-refractivity contribution in [3.8, 4) is 0 Å². The van der Waals surface area contributed by atoms with Gasteiger partial charge in [-0.15, -0.1) is 0 Å². The molecule has 0 aliphatic heterocycles. The standard InChI is InChI=1S/C16H16ClN3O/c1-21-15(11-6-2-3-7-12(11)17)10-18-16-19-13-8-4-5-9-14(13)20-16/h2-9,15H,10H2,1H3,(H2,18,19,20). The van der Waals surface area contributed by atoms with E-state index >= 15 is 0 Å². The van der Waals surface area contributed by atoms with Gasteiger partial charge in [-0.25, -0.2) is 4.98 Å². The van der Waals surface area contributed by atoms with Crippen LogP contribution in [0.1, 0.15) is 11.7 Å². The summed E-state index contributed by atoms with van der Waals surface area (Å²) in [5.74, 6) is 0.727. The molecule has 0 saturated carbocycles. The van der Waals surface area contributed by atoms with E-state index in [1.165, 1.54) is 0 Å². The molecule has 5 heteroatoms. The zero-order valence-electron chi connectivity index (χ0n) is 11.6. The first-order chi connectivity index (χ1) is 10.3. The van der Waals surface area contributed by atoms with Crippen LogP contribution in [-0.4, -0.2) is 23.6 Å². The number of nitrogens with zero attached hydrogens (tertiary/aromatic N) is 1. The quantitative estimate of drug-likeness (QED) is 0.748. The molecule has 1 atom stereocenters. The molecule has 3 rings (SSSR count). The van der Waals surface area contributed by atoms with Gasteiger partial charge in [0.15, 0.2) is 0 Å². The molecule has 1 heterocycles. The third-order valence-corrected chi connectivity index (χ3v) is 3.73. The van der Waals surface area contributed by atoms with Crippen molar-refractivity contribution in [2.24, 2.45) is 0 Å². The van der Waals surface area contributed by atoms with E-state index in [0.29, 0.717) is 11.6 Å². The molecule has 2 N–H and O–H groups in total. The average Bonchev–Trinajstić information content (AvgIpc) is 2.92. The monoisotopic (exact) mass is 301 g/mol. The highest BCUT2D eigenvalue weighted by Gasteiger charge is 2.14. The largest absolute Gasteiger partial charge is 0.375 e. The van der Waals surface area contributed by atoms with Gasteiger partial charge in [-0.2, -0.15) is 0 Å². The lowest BCUT2D eigenvalue weighted by atomic mass is 10.1. The van der Waals surface area contributed by atoms with Crippen molar-refractivity contribution in [3.05, 3.63) is 59.1 Å². The van der Waals surface area contributed by atoms with Crippen molar-refractivity contribution in [1.29, 1.82) is 0 Å². The van der Waals surface area contributed by atoms with Crippen LogP contribution >= 0.6 is 11.6 Å². The fraction of sp³-hybridized carbons (Fsp3) is 0.188. The smallest absolute Gasteiger partial charge is 0.201 e. The second-order valence-corrected chi connectivity index (χ2v) is 5.14.